The second-order valence-electron chi connectivity index (χ2n) is 22.5. The Balaban J connectivity index is 0.604. The fourth-order valence-electron chi connectivity index (χ4n) is 11.8. The number of allylic oxidation sites excluding steroid dienone is 4. The highest BCUT2D eigenvalue weighted by molar-refractivity contribution is 7.80. The van der Waals surface area contributed by atoms with Gasteiger partial charge in [-0.1, -0.05) is 42.9 Å². The molecule has 2 unspecified atom stereocenters. The number of aromatic hydroxyl groups is 1. The summed E-state index contributed by atoms with van der Waals surface area (Å²) >= 11 is 5.48. The fourth-order valence-corrected chi connectivity index (χ4v) is 12.0. The van der Waals surface area contributed by atoms with Gasteiger partial charge >= 0.3 is 5.97 Å². The summed E-state index contributed by atoms with van der Waals surface area (Å²) in [7, 11) is 0. The monoisotopic (exact) mass is 1190 g/mol. The Morgan fingerprint density at radius 3 is 1.95 bits per heavy atom. The zero-order chi connectivity index (χ0) is 60.4. The van der Waals surface area contributed by atoms with Crippen molar-refractivity contribution < 1.29 is 62.6 Å². The van der Waals surface area contributed by atoms with Crippen molar-refractivity contribution in [2.24, 2.45) is 17.3 Å². The Kier molecular flexibility index (Phi) is 26.9. The molecule has 8 N–H and O–H groups in total. The summed E-state index contributed by atoms with van der Waals surface area (Å²) in [4.78, 5) is 62.2. The van der Waals surface area contributed by atoms with Gasteiger partial charge in [0.1, 0.15) is 17.1 Å². The van der Waals surface area contributed by atoms with E-state index < -0.39 is 5.97 Å². The number of rotatable bonds is 35. The second kappa shape index (κ2) is 34.6. The van der Waals surface area contributed by atoms with Gasteiger partial charge in [0, 0.05) is 79.8 Å². The van der Waals surface area contributed by atoms with Crippen molar-refractivity contribution >= 4 is 57.7 Å². The number of hydrogen-bond acceptors (Lipinski definition) is 14. The Morgan fingerprint density at radius 1 is 0.706 bits per heavy atom. The van der Waals surface area contributed by atoms with E-state index >= 15 is 0 Å². The van der Waals surface area contributed by atoms with E-state index in [1.54, 1.807) is 24.3 Å². The SMILES string of the molecule is C=C1CCC(O)C/C1=C/C=C1\CCC[C@@]2(C)C1CC[C@@H]2CC(=O)NCCCCNC(=O)CCOCCOCCOCCOCCOCCC(=O)NCCCCCNC(=S)Nc1ccc(-c2c3ccc(=O)cc-3oc3cc(O)ccc23)c(C(=O)O)c1. The lowest BCUT2D eigenvalue weighted by atomic mass is 9.63. The van der Waals surface area contributed by atoms with Gasteiger partial charge in [0.25, 0.3) is 0 Å². The van der Waals surface area contributed by atoms with E-state index in [-0.39, 0.29) is 71.2 Å². The first-order valence-corrected chi connectivity index (χ1v) is 30.7. The van der Waals surface area contributed by atoms with Crippen LogP contribution in [0, 0.1) is 17.3 Å². The summed E-state index contributed by atoms with van der Waals surface area (Å²) in [6.07, 6.45) is 17.2. The van der Waals surface area contributed by atoms with Crippen molar-refractivity contribution in [3.05, 3.63) is 106 Å². The van der Waals surface area contributed by atoms with Crippen LogP contribution < -0.4 is 32.0 Å². The molecule has 3 fully saturated rings. The number of ether oxygens (including phenoxy) is 5. The molecule has 4 aliphatic carbocycles. The molecule has 2 aromatic carbocycles. The average molecular weight is 1190 g/mol. The average Bonchev–Trinajstić information content (AvgIpc) is 1.90. The van der Waals surface area contributed by atoms with E-state index in [9.17, 15) is 39.3 Å². The first-order valence-electron chi connectivity index (χ1n) is 30.2. The predicted octanol–water partition coefficient (Wildman–Crippen LogP) is 8.98. The molecule has 85 heavy (non-hydrogen) atoms. The van der Waals surface area contributed by atoms with E-state index in [1.807, 2.05) is 0 Å². The number of fused-ring (bicyclic) bond motifs is 3. The number of aliphatic hydroxyl groups is 1. The molecule has 0 spiro atoms. The first kappa shape index (κ1) is 66.0. The molecule has 0 saturated heterocycles. The van der Waals surface area contributed by atoms with Crippen molar-refractivity contribution in [2.75, 3.05) is 97.6 Å². The van der Waals surface area contributed by atoms with Gasteiger partial charge in [-0.25, -0.2) is 4.79 Å². The van der Waals surface area contributed by atoms with Crippen molar-refractivity contribution in [3.63, 3.8) is 0 Å². The molecule has 0 radical (unpaired) electrons. The van der Waals surface area contributed by atoms with Gasteiger partial charge < -0.3 is 70.0 Å². The third-order valence-corrected chi connectivity index (χ3v) is 16.6. The third-order valence-electron chi connectivity index (χ3n) is 16.4. The highest BCUT2D eigenvalue weighted by atomic mass is 32.1. The van der Waals surface area contributed by atoms with Gasteiger partial charge in [0.05, 0.1) is 77.7 Å². The van der Waals surface area contributed by atoms with Gasteiger partial charge in [-0.05, 0) is 160 Å². The van der Waals surface area contributed by atoms with Crippen LogP contribution in [-0.2, 0) is 38.1 Å². The highest BCUT2D eigenvalue weighted by Gasteiger charge is 2.49. The van der Waals surface area contributed by atoms with Crippen LogP contribution in [0.5, 0.6) is 5.75 Å². The minimum atomic E-state index is -1.16. The van der Waals surface area contributed by atoms with E-state index in [1.165, 1.54) is 41.5 Å². The Morgan fingerprint density at radius 2 is 1.31 bits per heavy atom. The lowest BCUT2D eigenvalue weighted by molar-refractivity contribution is -0.123. The summed E-state index contributed by atoms with van der Waals surface area (Å²) in [5.74, 6) is -0.0891. The van der Waals surface area contributed by atoms with Crippen LogP contribution in [0.3, 0.4) is 0 Å². The highest BCUT2D eigenvalue weighted by Crippen LogP contribution is 2.58. The zero-order valence-corrected chi connectivity index (χ0v) is 50.1. The quantitative estimate of drug-likeness (QED) is 0.0121. The topological polar surface area (TPSA) is 265 Å². The summed E-state index contributed by atoms with van der Waals surface area (Å²) in [6, 6.07) is 13.8. The number of aliphatic hydroxyl groups excluding tert-OH is 1. The maximum absolute atomic E-state index is 13.0. The molecule has 0 aromatic heterocycles. The summed E-state index contributed by atoms with van der Waals surface area (Å²) < 4.78 is 33.6. The van der Waals surface area contributed by atoms with Gasteiger partial charge in [-0.3, -0.25) is 19.2 Å². The maximum Gasteiger partial charge on any atom is 0.336 e. The standard InChI is InChI=1S/C65H87N5O14S/c1-44-10-15-49(71)39-46(44)12-11-45-9-8-24-65(2)47(13-21-56(45)65)40-61(76)68-27-7-6-26-67-60(75)23-30-80-32-34-82-36-38-83-37-35-81-33-31-79-29-22-59(74)66-25-4-3-5-28-69-64(85)70-48-14-18-52(55(41-48)63(77)78)62-53-19-16-50(72)42-57(53)84-58-43-51(73)17-20-54(58)62/h11-12,14,16-20,41-43,47,49,56,71-72H,1,3-10,13,15,21-40H2,2H3,(H,66,74)(H,67,75)(H,68,76)(H,77,78)(H2,69,70,85)/b45-11+,46-12-/t47-,49?,56?,65-/m1/s1. The summed E-state index contributed by atoms with van der Waals surface area (Å²) in [5, 5.41) is 46.6. The lowest BCUT2D eigenvalue weighted by Crippen LogP contribution is -2.36. The number of phenols is 1. The number of carboxylic acid groups (broad SMARTS) is 1. The number of anilines is 1. The van der Waals surface area contributed by atoms with Crippen LogP contribution in [-0.4, -0.2) is 142 Å². The van der Waals surface area contributed by atoms with Crippen LogP contribution in [0.1, 0.15) is 120 Å². The first-order chi connectivity index (χ1) is 41.2. The number of nitrogens with one attached hydrogen (secondary N) is 5. The Hall–Kier alpha value is -6.52. The lowest BCUT2D eigenvalue weighted by Gasteiger charge is -2.42. The normalized spacial score (nSPS) is 19.5. The van der Waals surface area contributed by atoms with Gasteiger partial charge in [0.15, 0.2) is 10.5 Å². The van der Waals surface area contributed by atoms with Crippen molar-refractivity contribution in [1.82, 2.24) is 21.3 Å². The van der Waals surface area contributed by atoms with Crippen molar-refractivity contribution in [3.8, 4) is 28.2 Å². The number of carbonyl (C=O) groups is 4. The Labute approximate surface area is 504 Å². The number of carboxylic acids is 1. The molecule has 2 aromatic rings. The molecule has 5 aliphatic rings. The molecular formula is C65H87N5O14S. The summed E-state index contributed by atoms with van der Waals surface area (Å²) in [5.41, 5.74) is 5.97. The van der Waals surface area contributed by atoms with Crippen LogP contribution in [0.2, 0.25) is 0 Å². The van der Waals surface area contributed by atoms with Crippen molar-refractivity contribution in [1.29, 1.82) is 0 Å². The molecule has 20 heteroatoms. The number of unbranched alkanes of at least 4 members (excludes halogenated alkanes) is 3. The smallest absolute Gasteiger partial charge is 0.336 e. The van der Waals surface area contributed by atoms with E-state index in [0.717, 1.165) is 82.6 Å². The number of hydrogen-bond donors (Lipinski definition) is 8. The molecule has 4 atom stereocenters. The number of amides is 3. The molecule has 462 valence electrons. The summed E-state index contributed by atoms with van der Waals surface area (Å²) in [6.45, 7) is 12.6. The molecule has 1 aliphatic heterocycles. The molecule has 3 amide bonds. The van der Waals surface area contributed by atoms with E-state index in [4.69, 9.17) is 40.3 Å². The van der Waals surface area contributed by atoms with E-state index in [0.29, 0.717) is 149 Å². The number of phenolic OH excluding ortho intramolecular Hbond substituents is 1. The van der Waals surface area contributed by atoms with Gasteiger partial charge in [-0.15, -0.1) is 0 Å². The largest absolute Gasteiger partial charge is 0.508 e. The van der Waals surface area contributed by atoms with Gasteiger partial charge in [0.2, 0.25) is 17.7 Å². The van der Waals surface area contributed by atoms with E-state index in [2.05, 4.69) is 52.2 Å². The van der Waals surface area contributed by atoms with Crippen LogP contribution in [0.25, 0.3) is 33.4 Å². The minimum absolute atomic E-state index is 0.00578. The van der Waals surface area contributed by atoms with Crippen LogP contribution in [0.4, 0.5) is 5.69 Å². The zero-order valence-electron chi connectivity index (χ0n) is 49.2. The predicted molar refractivity (Wildman–Crippen MR) is 331 cm³/mol. The molecule has 7 rings (SSSR count). The minimum Gasteiger partial charge on any atom is -0.508 e. The third kappa shape index (κ3) is 20.9. The Bertz CT molecular complexity index is 2980. The van der Waals surface area contributed by atoms with Crippen molar-refractivity contribution in [2.45, 2.75) is 116 Å². The van der Waals surface area contributed by atoms with Crippen LogP contribution >= 0.6 is 12.2 Å². The fraction of sp³-hybridized carbons (Fsp3) is 0.538. The molecular weight excluding hydrogens is 1110 g/mol. The number of aromatic carboxylic acids is 1. The molecule has 1 heterocycles. The maximum atomic E-state index is 13.0. The molecule has 19 nitrogen and oxygen atoms in total. The number of carbonyl (C=O) groups excluding carboxylic acids is 3. The molecule has 3 saturated carbocycles. The number of benzene rings is 3. The van der Waals surface area contributed by atoms with Crippen LogP contribution in [0.15, 0.2) is 99.3 Å². The second-order valence-corrected chi connectivity index (χ2v) is 22.9. The molecule has 0 bridgehead atoms. The van der Waals surface area contributed by atoms with Gasteiger partial charge in [-0.2, -0.15) is 0 Å². The number of thiocarbonyl (C=S) groups is 1.